The van der Waals surface area contributed by atoms with Crippen molar-refractivity contribution in [3.05, 3.63) is 70.5 Å². The lowest BCUT2D eigenvalue weighted by atomic mass is 10.0. The first-order valence-electron chi connectivity index (χ1n) is 10.1. The van der Waals surface area contributed by atoms with Crippen LogP contribution in [-0.4, -0.2) is 35.0 Å². The molecule has 164 valence electrons. The number of amides is 1. The topological polar surface area (TPSA) is 81.9 Å². The van der Waals surface area contributed by atoms with E-state index in [0.29, 0.717) is 33.3 Å². The maximum absolute atomic E-state index is 13.3. The van der Waals surface area contributed by atoms with Crippen LogP contribution in [0.25, 0.3) is 16.8 Å². The number of esters is 1. The third kappa shape index (κ3) is 3.73. The molecule has 0 bridgehead atoms. The van der Waals surface area contributed by atoms with E-state index in [-0.39, 0.29) is 12.5 Å². The summed E-state index contributed by atoms with van der Waals surface area (Å²) < 4.78 is 12.4. The lowest BCUT2D eigenvalue weighted by Crippen LogP contribution is -2.17. The molecule has 0 saturated heterocycles. The number of hydrogen-bond donors (Lipinski definition) is 1. The van der Waals surface area contributed by atoms with E-state index < -0.39 is 5.97 Å². The number of nitrogens with zero attached hydrogens (tertiary/aromatic N) is 2. The molecule has 3 heterocycles. The van der Waals surface area contributed by atoms with Crippen molar-refractivity contribution in [2.75, 3.05) is 19.0 Å². The molecular weight excluding hydrogens is 426 g/mol. The number of thiophene rings is 1. The summed E-state index contributed by atoms with van der Waals surface area (Å²) in [6.07, 6.45) is 1.76. The summed E-state index contributed by atoms with van der Waals surface area (Å²) in [4.78, 5) is 31.6. The highest BCUT2D eigenvalue weighted by molar-refractivity contribution is 7.17. The first-order valence-corrected chi connectivity index (χ1v) is 11.0. The lowest BCUT2D eigenvalue weighted by molar-refractivity contribution is 0.0529. The number of carbonyl (C=O) groups is 2. The van der Waals surface area contributed by atoms with Crippen LogP contribution in [0.4, 0.5) is 5.00 Å². The number of hydrogen-bond acceptors (Lipinski definition) is 6. The molecule has 0 aliphatic carbocycles. The van der Waals surface area contributed by atoms with Crippen LogP contribution in [0.15, 0.2) is 48.7 Å². The second-order valence-electron chi connectivity index (χ2n) is 7.09. The second-order valence-corrected chi connectivity index (χ2v) is 8.32. The van der Waals surface area contributed by atoms with Crippen LogP contribution in [0.2, 0.25) is 0 Å². The molecule has 0 saturated carbocycles. The van der Waals surface area contributed by atoms with Gasteiger partial charge in [-0.3, -0.25) is 9.20 Å². The number of benzene rings is 1. The number of methoxy groups -OCH3 is 1. The molecule has 0 spiro atoms. The molecule has 7 nitrogen and oxygen atoms in total. The Bertz CT molecular complexity index is 1310. The van der Waals surface area contributed by atoms with Crippen LogP contribution in [0.5, 0.6) is 5.75 Å². The van der Waals surface area contributed by atoms with E-state index in [9.17, 15) is 9.59 Å². The smallest absolute Gasteiger partial charge is 0.341 e. The van der Waals surface area contributed by atoms with Gasteiger partial charge in [0, 0.05) is 16.6 Å². The minimum absolute atomic E-state index is 0.238. The van der Waals surface area contributed by atoms with Crippen LogP contribution < -0.4 is 10.1 Å². The maximum atomic E-state index is 13.3. The Morgan fingerprint density at radius 1 is 1.12 bits per heavy atom. The van der Waals surface area contributed by atoms with Gasteiger partial charge in [0.15, 0.2) is 11.4 Å². The van der Waals surface area contributed by atoms with Crippen molar-refractivity contribution in [1.82, 2.24) is 9.38 Å². The van der Waals surface area contributed by atoms with Crippen molar-refractivity contribution in [1.29, 1.82) is 0 Å². The molecule has 4 rings (SSSR count). The highest BCUT2D eigenvalue weighted by Crippen LogP contribution is 2.40. The number of rotatable bonds is 6. The molecule has 1 N–H and O–H groups in total. The summed E-state index contributed by atoms with van der Waals surface area (Å²) in [5.74, 6) is -0.266. The van der Waals surface area contributed by atoms with Gasteiger partial charge >= 0.3 is 5.97 Å². The van der Waals surface area contributed by atoms with Crippen LogP contribution in [0.3, 0.4) is 0 Å². The van der Waals surface area contributed by atoms with Crippen molar-refractivity contribution >= 4 is 33.9 Å². The van der Waals surface area contributed by atoms with Crippen LogP contribution in [0.1, 0.15) is 38.3 Å². The minimum Gasteiger partial charge on any atom is -0.493 e. The summed E-state index contributed by atoms with van der Waals surface area (Å²) in [5.41, 5.74) is 3.50. The number of aromatic nitrogens is 2. The molecule has 0 fully saturated rings. The molecule has 8 heteroatoms. The van der Waals surface area contributed by atoms with E-state index >= 15 is 0 Å². The van der Waals surface area contributed by atoms with Crippen molar-refractivity contribution < 1.29 is 19.1 Å². The predicted molar refractivity (Wildman–Crippen MR) is 125 cm³/mol. The number of nitrogens with one attached hydrogen (secondary N) is 1. The zero-order valence-electron chi connectivity index (χ0n) is 18.3. The summed E-state index contributed by atoms with van der Waals surface area (Å²) >= 11 is 1.35. The first-order chi connectivity index (χ1) is 15.5. The normalized spacial score (nSPS) is 10.9. The molecule has 3 aromatic heterocycles. The van der Waals surface area contributed by atoms with E-state index in [4.69, 9.17) is 9.47 Å². The van der Waals surface area contributed by atoms with Gasteiger partial charge in [0.05, 0.1) is 19.4 Å². The van der Waals surface area contributed by atoms with Gasteiger partial charge in [-0.25, -0.2) is 9.78 Å². The highest BCUT2D eigenvalue weighted by Gasteiger charge is 2.27. The quantitative estimate of drug-likeness (QED) is 0.413. The molecule has 0 aliphatic heterocycles. The standard InChI is InChI=1S/C24H23N3O4S/c1-5-31-24(29)19-18(16-10-7-6-8-11-16)15(3)32-23(19)26-22(28)20-14(2)25-21-17(30-4)12-9-13-27(20)21/h6-13H,5H2,1-4H3,(H,26,28). The monoisotopic (exact) mass is 449 g/mol. The summed E-state index contributed by atoms with van der Waals surface area (Å²) in [6.45, 7) is 5.69. The second kappa shape index (κ2) is 8.84. The van der Waals surface area contributed by atoms with E-state index in [1.807, 2.05) is 37.3 Å². The largest absolute Gasteiger partial charge is 0.493 e. The Balaban J connectivity index is 1.80. The SMILES string of the molecule is CCOC(=O)c1c(NC(=O)c2c(C)nc3c(OC)cccn23)sc(C)c1-c1ccccc1. The average Bonchev–Trinajstić information content (AvgIpc) is 3.29. The van der Waals surface area contributed by atoms with Crippen molar-refractivity contribution in [3.63, 3.8) is 0 Å². The van der Waals surface area contributed by atoms with Crippen molar-refractivity contribution in [2.45, 2.75) is 20.8 Å². The summed E-state index contributed by atoms with van der Waals surface area (Å²) in [7, 11) is 1.56. The zero-order valence-corrected chi connectivity index (χ0v) is 19.1. The number of pyridine rings is 1. The van der Waals surface area contributed by atoms with Gasteiger partial charge in [-0.1, -0.05) is 30.3 Å². The van der Waals surface area contributed by atoms with Gasteiger partial charge in [-0.05, 0) is 38.5 Å². The number of ether oxygens (including phenoxy) is 2. The fourth-order valence-corrected chi connectivity index (χ4v) is 4.79. The molecule has 0 radical (unpaired) electrons. The number of aryl methyl sites for hydroxylation is 2. The number of carbonyl (C=O) groups excluding carboxylic acids is 2. The van der Waals surface area contributed by atoms with E-state index in [1.165, 1.54) is 11.3 Å². The summed E-state index contributed by atoms with van der Waals surface area (Å²) in [5, 5.41) is 3.38. The fraction of sp³-hybridized carbons (Fsp3) is 0.208. The van der Waals surface area contributed by atoms with Gasteiger partial charge in [0.2, 0.25) is 0 Å². The van der Waals surface area contributed by atoms with E-state index in [1.54, 1.807) is 43.7 Å². The van der Waals surface area contributed by atoms with Crippen molar-refractivity contribution in [3.8, 4) is 16.9 Å². The molecule has 4 aromatic rings. The minimum atomic E-state index is -0.470. The van der Waals surface area contributed by atoms with Gasteiger partial charge in [-0.2, -0.15) is 0 Å². The third-order valence-electron chi connectivity index (χ3n) is 5.08. The molecule has 1 aromatic carbocycles. The Hall–Kier alpha value is -3.65. The Morgan fingerprint density at radius 2 is 1.88 bits per heavy atom. The Labute approximate surface area is 189 Å². The summed E-state index contributed by atoms with van der Waals surface area (Å²) in [6, 6.07) is 13.2. The van der Waals surface area contributed by atoms with Gasteiger partial charge in [-0.15, -0.1) is 11.3 Å². The van der Waals surface area contributed by atoms with E-state index in [0.717, 1.165) is 16.0 Å². The van der Waals surface area contributed by atoms with Crippen LogP contribution >= 0.6 is 11.3 Å². The number of anilines is 1. The zero-order chi connectivity index (χ0) is 22.8. The van der Waals surface area contributed by atoms with Crippen LogP contribution in [0, 0.1) is 13.8 Å². The van der Waals surface area contributed by atoms with Crippen molar-refractivity contribution in [2.24, 2.45) is 0 Å². The molecular formula is C24H23N3O4S. The number of fused-ring (bicyclic) bond motifs is 1. The Kier molecular flexibility index (Phi) is 5.96. The number of imidazole rings is 1. The molecule has 0 unspecified atom stereocenters. The Morgan fingerprint density at radius 3 is 2.56 bits per heavy atom. The fourth-order valence-electron chi connectivity index (χ4n) is 3.73. The van der Waals surface area contributed by atoms with Gasteiger partial charge < -0.3 is 14.8 Å². The highest BCUT2D eigenvalue weighted by atomic mass is 32.1. The maximum Gasteiger partial charge on any atom is 0.341 e. The molecule has 32 heavy (non-hydrogen) atoms. The third-order valence-corrected chi connectivity index (χ3v) is 6.10. The van der Waals surface area contributed by atoms with E-state index in [2.05, 4.69) is 10.3 Å². The predicted octanol–water partition coefficient (Wildman–Crippen LogP) is 5.12. The average molecular weight is 450 g/mol. The molecule has 0 atom stereocenters. The first kappa shape index (κ1) is 21.6. The van der Waals surface area contributed by atoms with Gasteiger partial charge in [0.1, 0.15) is 16.3 Å². The molecule has 1 amide bonds. The van der Waals surface area contributed by atoms with Crippen LogP contribution in [-0.2, 0) is 4.74 Å². The molecule has 0 aliphatic rings. The van der Waals surface area contributed by atoms with Gasteiger partial charge in [0.25, 0.3) is 5.91 Å². The lowest BCUT2D eigenvalue weighted by Gasteiger charge is -2.10.